The van der Waals surface area contributed by atoms with Gasteiger partial charge in [0.05, 0.1) is 11.9 Å². The molecule has 1 aliphatic rings. The Balaban J connectivity index is 1.22. The number of carbonyl (C=O) groups excluding carboxylic acids is 1. The Bertz CT molecular complexity index is 916. The van der Waals surface area contributed by atoms with Crippen LogP contribution in [0.4, 0.5) is 4.79 Å². The van der Waals surface area contributed by atoms with Crippen molar-refractivity contribution in [1.82, 2.24) is 35.2 Å². The molecule has 8 heteroatoms. The third-order valence-corrected chi connectivity index (χ3v) is 4.93. The summed E-state index contributed by atoms with van der Waals surface area (Å²) in [6, 6.07) is 9.69. The number of fused-ring (bicyclic) bond motifs is 1. The number of rotatable bonds is 6. The van der Waals surface area contributed by atoms with Crippen LogP contribution in [0.15, 0.2) is 42.7 Å². The van der Waals surface area contributed by atoms with Crippen LogP contribution in [0.5, 0.6) is 0 Å². The van der Waals surface area contributed by atoms with E-state index in [-0.39, 0.29) is 6.03 Å². The normalized spacial score (nSPS) is 13.6. The lowest BCUT2D eigenvalue weighted by atomic mass is 10.2. The van der Waals surface area contributed by atoms with Crippen molar-refractivity contribution in [3.05, 3.63) is 59.9 Å². The third kappa shape index (κ3) is 4.39. The zero-order valence-corrected chi connectivity index (χ0v) is 15.8. The molecule has 2 amide bonds. The van der Waals surface area contributed by atoms with E-state index in [2.05, 4.69) is 30.5 Å². The lowest BCUT2D eigenvalue weighted by molar-refractivity contribution is 0.240. The second-order valence-corrected chi connectivity index (χ2v) is 6.98. The summed E-state index contributed by atoms with van der Waals surface area (Å²) >= 11 is 0. The summed E-state index contributed by atoms with van der Waals surface area (Å²) in [4.78, 5) is 12.1. The second-order valence-electron chi connectivity index (χ2n) is 6.98. The number of hydrogen-bond acceptors (Lipinski definition) is 4. The van der Waals surface area contributed by atoms with Crippen LogP contribution in [0.1, 0.15) is 36.5 Å². The van der Waals surface area contributed by atoms with E-state index in [1.54, 1.807) is 10.9 Å². The van der Waals surface area contributed by atoms with Crippen molar-refractivity contribution < 1.29 is 4.79 Å². The number of benzene rings is 1. The lowest BCUT2D eigenvalue weighted by Crippen LogP contribution is -2.36. The highest BCUT2D eigenvalue weighted by Crippen LogP contribution is 2.14. The van der Waals surface area contributed by atoms with Gasteiger partial charge in [-0.3, -0.25) is 0 Å². The van der Waals surface area contributed by atoms with Crippen LogP contribution >= 0.6 is 0 Å². The third-order valence-electron chi connectivity index (χ3n) is 4.93. The summed E-state index contributed by atoms with van der Waals surface area (Å²) < 4.78 is 4.01. The van der Waals surface area contributed by atoms with Gasteiger partial charge < -0.3 is 15.2 Å². The Hall–Kier alpha value is -3.16. The number of hydrogen-bond donors (Lipinski definition) is 2. The Morgan fingerprint density at radius 1 is 1.07 bits per heavy atom. The smallest absolute Gasteiger partial charge is 0.315 e. The maximum absolute atomic E-state index is 12.1. The van der Waals surface area contributed by atoms with E-state index < -0.39 is 0 Å². The average Bonchev–Trinajstić information content (AvgIpc) is 3.28. The minimum Gasteiger partial charge on any atom is -0.338 e. The van der Waals surface area contributed by atoms with E-state index in [4.69, 9.17) is 0 Å². The first-order valence-electron chi connectivity index (χ1n) is 9.81. The van der Waals surface area contributed by atoms with Crippen LogP contribution in [0.25, 0.3) is 5.69 Å². The molecule has 1 aliphatic heterocycles. The Morgan fingerprint density at radius 3 is 2.86 bits per heavy atom. The largest absolute Gasteiger partial charge is 0.338 e. The molecular weight excluding hydrogens is 354 g/mol. The molecule has 0 spiro atoms. The number of aryl methyl sites for hydroxylation is 1. The zero-order valence-electron chi connectivity index (χ0n) is 15.8. The average molecular weight is 379 g/mol. The van der Waals surface area contributed by atoms with Gasteiger partial charge >= 0.3 is 6.03 Å². The van der Waals surface area contributed by atoms with Crippen molar-refractivity contribution in [2.45, 2.75) is 45.2 Å². The molecule has 8 nitrogen and oxygen atoms in total. The molecule has 4 rings (SSSR count). The second kappa shape index (κ2) is 8.69. The Morgan fingerprint density at radius 2 is 1.96 bits per heavy atom. The molecule has 28 heavy (non-hydrogen) atoms. The van der Waals surface area contributed by atoms with Gasteiger partial charge in [-0.2, -0.15) is 5.10 Å². The summed E-state index contributed by atoms with van der Waals surface area (Å²) in [6.45, 7) is 1.95. The maximum atomic E-state index is 12.1. The number of para-hydroxylation sites is 1. The van der Waals surface area contributed by atoms with E-state index in [9.17, 15) is 4.79 Å². The number of carbonyl (C=O) groups is 1. The van der Waals surface area contributed by atoms with E-state index in [1.165, 1.54) is 19.3 Å². The first-order valence-corrected chi connectivity index (χ1v) is 9.81. The van der Waals surface area contributed by atoms with Crippen molar-refractivity contribution in [1.29, 1.82) is 0 Å². The molecular formula is C20H25N7O. The minimum absolute atomic E-state index is 0.192. The molecule has 0 saturated heterocycles. The van der Waals surface area contributed by atoms with Gasteiger partial charge in [0.25, 0.3) is 0 Å². The van der Waals surface area contributed by atoms with Gasteiger partial charge in [0.1, 0.15) is 11.6 Å². The molecule has 2 N–H and O–H groups in total. The molecule has 0 bridgehead atoms. The quantitative estimate of drug-likeness (QED) is 0.687. The van der Waals surface area contributed by atoms with E-state index in [0.717, 1.165) is 35.9 Å². The summed E-state index contributed by atoms with van der Waals surface area (Å²) in [7, 11) is 0. The van der Waals surface area contributed by atoms with Gasteiger partial charge in [-0.25, -0.2) is 9.48 Å². The molecule has 0 saturated carbocycles. The molecule has 146 valence electrons. The topological polar surface area (TPSA) is 89.7 Å². The molecule has 1 aromatic carbocycles. The number of nitrogens with zero attached hydrogens (tertiary/aromatic N) is 5. The number of urea groups is 1. The standard InChI is InChI=1S/C20H25N7O/c28-20(21-11-10-19-25-24-18-9-5-2-6-12-26(18)19)22-13-16-14-23-27(15-16)17-7-3-1-4-8-17/h1,3-4,7-8,14-15H,2,5-6,9-13H2,(H2,21,22,28). The number of amides is 2. The maximum Gasteiger partial charge on any atom is 0.315 e. The molecule has 3 heterocycles. The molecule has 0 aliphatic carbocycles. The summed E-state index contributed by atoms with van der Waals surface area (Å²) in [5.41, 5.74) is 1.94. The van der Waals surface area contributed by atoms with Crippen molar-refractivity contribution >= 4 is 6.03 Å². The van der Waals surface area contributed by atoms with E-state index >= 15 is 0 Å². The zero-order chi connectivity index (χ0) is 19.2. The fraction of sp³-hybridized carbons (Fsp3) is 0.400. The molecule has 0 radical (unpaired) electrons. The summed E-state index contributed by atoms with van der Waals surface area (Å²) in [5, 5.41) is 18.7. The minimum atomic E-state index is -0.192. The van der Waals surface area contributed by atoms with Gasteiger partial charge in [-0.1, -0.05) is 24.6 Å². The fourth-order valence-corrected chi connectivity index (χ4v) is 3.44. The molecule has 3 aromatic rings. The summed E-state index contributed by atoms with van der Waals surface area (Å²) in [5.74, 6) is 2.04. The van der Waals surface area contributed by atoms with Crippen LogP contribution in [0.2, 0.25) is 0 Å². The highest BCUT2D eigenvalue weighted by Gasteiger charge is 2.14. The van der Waals surface area contributed by atoms with Gasteiger partial charge in [-0.05, 0) is 25.0 Å². The first-order chi connectivity index (χ1) is 13.8. The van der Waals surface area contributed by atoms with Gasteiger partial charge in [0, 0.05) is 44.2 Å². The van der Waals surface area contributed by atoms with Crippen molar-refractivity contribution in [2.24, 2.45) is 0 Å². The SMILES string of the molecule is O=C(NCCc1nnc2n1CCCCC2)NCc1cnn(-c2ccccc2)c1. The number of nitrogens with one attached hydrogen (secondary N) is 2. The predicted molar refractivity (Wildman–Crippen MR) is 105 cm³/mol. The van der Waals surface area contributed by atoms with Gasteiger partial charge in [0.2, 0.25) is 0 Å². The molecule has 2 aromatic heterocycles. The van der Waals surface area contributed by atoms with Crippen molar-refractivity contribution in [3.8, 4) is 5.69 Å². The Kier molecular flexibility index (Phi) is 5.65. The lowest BCUT2D eigenvalue weighted by Gasteiger charge is -2.08. The van der Waals surface area contributed by atoms with Crippen LogP contribution in [0, 0.1) is 0 Å². The highest BCUT2D eigenvalue weighted by molar-refractivity contribution is 5.73. The highest BCUT2D eigenvalue weighted by atomic mass is 16.2. The van der Waals surface area contributed by atoms with Crippen molar-refractivity contribution in [2.75, 3.05) is 6.54 Å². The van der Waals surface area contributed by atoms with E-state index in [1.807, 2.05) is 36.5 Å². The fourth-order valence-electron chi connectivity index (χ4n) is 3.44. The first kappa shape index (κ1) is 18.2. The Labute approximate surface area is 164 Å². The van der Waals surface area contributed by atoms with Crippen LogP contribution in [0.3, 0.4) is 0 Å². The van der Waals surface area contributed by atoms with E-state index in [0.29, 0.717) is 19.5 Å². The van der Waals surface area contributed by atoms with Crippen LogP contribution < -0.4 is 10.6 Å². The van der Waals surface area contributed by atoms with Gasteiger partial charge in [-0.15, -0.1) is 10.2 Å². The van der Waals surface area contributed by atoms with Crippen LogP contribution in [-0.4, -0.2) is 37.1 Å². The molecule has 0 unspecified atom stereocenters. The molecule has 0 atom stereocenters. The van der Waals surface area contributed by atoms with Gasteiger partial charge in [0.15, 0.2) is 0 Å². The van der Waals surface area contributed by atoms with Crippen molar-refractivity contribution in [3.63, 3.8) is 0 Å². The van der Waals surface area contributed by atoms with Crippen LogP contribution in [-0.2, 0) is 25.9 Å². The number of aromatic nitrogens is 5. The predicted octanol–water partition coefficient (Wildman–Crippen LogP) is 2.23. The monoisotopic (exact) mass is 379 g/mol. The summed E-state index contributed by atoms with van der Waals surface area (Å²) in [6.07, 6.45) is 8.95. The molecule has 0 fully saturated rings.